The second-order valence-electron chi connectivity index (χ2n) is 10.9. The highest BCUT2D eigenvalue weighted by Crippen LogP contribution is 2.33. The number of aromatic amines is 1. The maximum absolute atomic E-state index is 12.1. The Bertz CT molecular complexity index is 1500. The zero-order chi connectivity index (χ0) is 28.8. The van der Waals surface area contributed by atoms with Crippen molar-refractivity contribution in [3.63, 3.8) is 0 Å². The molecule has 1 saturated carbocycles. The number of nitrogens with zero attached hydrogens (tertiary/aromatic N) is 5. The fourth-order valence-corrected chi connectivity index (χ4v) is 5.49. The fraction of sp³-hybridized carbons (Fsp3) is 0.355. The van der Waals surface area contributed by atoms with E-state index in [-0.39, 0.29) is 11.9 Å². The predicted molar refractivity (Wildman–Crippen MR) is 166 cm³/mol. The number of carbonyl (C=O) groups is 1. The van der Waals surface area contributed by atoms with Gasteiger partial charge in [-0.05, 0) is 65.0 Å². The number of nitrogens with one attached hydrogen (secondary N) is 3. The van der Waals surface area contributed by atoms with Crippen molar-refractivity contribution >= 4 is 40.0 Å². The van der Waals surface area contributed by atoms with Crippen LogP contribution in [0.3, 0.4) is 0 Å². The molecule has 3 N–H and O–H groups in total. The third-order valence-electron chi connectivity index (χ3n) is 7.44. The molecule has 4 aromatic rings. The smallest absolute Gasteiger partial charge is 0.248 e. The molecule has 0 bridgehead atoms. The van der Waals surface area contributed by atoms with Crippen molar-refractivity contribution in [1.82, 2.24) is 29.7 Å². The Balaban J connectivity index is 1.17. The lowest BCUT2D eigenvalue weighted by atomic mass is 9.90. The number of rotatable bonds is 10. The predicted octanol–water partition coefficient (Wildman–Crippen LogP) is 5.58. The molecule has 10 heteroatoms. The van der Waals surface area contributed by atoms with Gasteiger partial charge in [-0.1, -0.05) is 35.9 Å². The molecule has 41 heavy (non-hydrogen) atoms. The van der Waals surface area contributed by atoms with E-state index in [9.17, 15) is 4.79 Å². The van der Waals surface area contributed by atoms with Crippen LogP contribution in [0.2, 0.25) is 5.02 Å². The van der Waals surface area contributed by atoms with E-state index < -0.39 is 0 Å². The molecule has 214 valence electrons. The van der Waals surface area contributed by atoms with E-state index in [0.717, 1.165) is 60.1 Å². The monoisotopic (exact) mass is 572 g/mol. The quantitative estimate of drug-likeness (QED) is 0.213. The van der Waals surface area contributed by atoms with Crippen molar-refractivity contribution in [2.24, 2.45) is 0 Å². The van der Waals surface area contributed by atoms with Gasteiger partial charge in [-0.15, -0.1) is 0 Å². The Morgan fingerprint density at radius 2 is 1.98 bits per heavy atom. The molecule has 1 aliphatic carbocycles. The van der Waals surface area contributed by atoms with E-state index in [1.807, 2.05) is 61.6 Å². The first-order valence-electron chi connectivity index (χ1n) is 14.0. The van der Waals surface area contributed by atoms with Crippen LogP contribution in [0.5, 0.6) is 0 Å². The number of benzene rings is 1. The third kappa shape index (κ3) is 7.49. The van der Waals surface area contributed by atoms with Crippen LogP contribution in [0.1, 0.15) is 31.4 Å². The molecule has 9 nitrogen and oxygen atoms in total. The van der Waals surface area contributed by atoms with Gasteiger partial charge in [0.15, 0.2) is 0 Å². The molecule has 5 rings (SSSR count). The lowest BCUT2D eigenvalue weighted by molar-refractivity contribution is -0.111. The van der Waals surface area contributed by atoms with Crippen LogP contribution < -0.4 is 10.6 Å². The number of amides is 1. The first kappa shape index (κ1) is 28.7. The van der Waals surface area contributed by atoms with Crippen LogP contribution in [0.4, 0.5) is 11.6 Å². The Kier molecular flexibility index (Phi) is 9.28. The number of anilines is 2. The number of para-hydroxylation sites is 1. The topological polar surface area (TPSA) is 102 Å². The molecule has 0 radical (unpaired) electrons. The minimum atomic E-state index is -0.155. The average molecular weight is 573 g/mol. The SMILES string of the molecule is CN(C)CC=CC(=O)Nc1ccc(CN(C)C2CCCC(Nc3ncc(Cl)c(-c4c[nH]c5ccccc45)n3)C2)nc1. The number of halogens is 1. The van der Waals surface area contributed by atoms with Gasteiger partial charge in [-0.25, -0.2) is 9.97 Å². The summed E-state index contributed by atoms with van der Waals surface area (Å²) < 4.78 is 0. The third-order valence-corrected chi connectivity index (χ3v) is 7.71. The average Bonchev–Trinajstić information content (AvgIpc) is 3.39. The summed E-state index contributed by atoms with van der Waals surface area (Å²) in [6.07, 6.45) is 13.0. The molecule has 1 aromatic carbocycles. The fourth-order valence-electron chi connectivity index (χ4n) is 5.30. The normalized spacial score (nSPS) is 17.5. The second-order valence-corrected chi connectivity index (χ2v) is 11.3. The Hall–Kier alpha value is -3.79. The van der Waals surface area contributed by atoms with E-state index >= 15 is 0 Å². The lowest BCUT2D eigenvalue weighted by Crippen LogP contribution is -2.40. The van der Waals surface area contributed by atoms with Gasteiger partial charge in [0.25, 0.3) is 0 Å². The second kappa shape index (κ2) is 13.2. The summed E-state index contributed by atoms with van der Waals surface area (Å²) in [5, 5.41) is 8.05. The minimum Gasteiger partial charge on any atom is -0.360 e. The Morgan fingerprint density at radius 3 is 2.78 bits per heavy atom. The van der Waals surface area contributed by atoms with Crippen molar-refractivity contribution < 1.29 is 4.79 Å². The van der Waals surface area contributed by atoms with Gasteiger partial charge in [0.1, 0.15) is 0 Å². The van der Waals surface area contributed by atoms with Crippen LogP contribution in [-0.4, -0.2) is 75.4 Å². The number of likely N-dealkylation sites (N-methyl/N-ethyl adjacent to an activating group) is 1. The molecular weight excluding hydrogens is 536 g/mol. The summed E-state index contributed by atoms with van der Waals surface area (Å²) in [6, 6.07) is 12.7. The van der Waals surface area contributed by atoms with Crippen molar-refractivity contribution in [2.75, 3.05) is 38.3 Å². The summed E-state index contributed by atoms with van der Waals surface area (Å²) in [4.78, 5) is 33.6. The van der Waals surface area contributed by atoms with Gasteiger partial charge in [0, 0.05) is 53.9 Å². The van der Waals surface area contributed by atoms with Gasteiger partial charge in [-0.2, -0.15) is 0 Å². The van der Waals surface area contributed by atoms with E-state index in [1.165, 1.54) is 0 Å². The van der Waals surface area contributed by atoms with Crippen molar-refractivity contribution in [3.05, 3.63) is 77.9 Å². The first-order valence-corrected chi connectivity index (χ1v) is 14.4. The van der Waals surface area contributed by atoms with Crippen molar-refractivity contribution in [1.29, 1.82) is 0 Å². The first-order chi connectivity index (χ1) is 19.9. The maximum Gasteiger partial charge on any atom is 0.248 e. The molecule has 3 heterocycles. The molecular formula is C31H37ClN8O. The number of fused-ring (bicyclic) bond motifs is 1. The zero-order valence-electron chi connectivity index (χ0n) is 23.8. The standard InChI is InChI=1S/C31H37ClN8O/c1-39(2)15-7-12-29(41)36-22-13-14-23(33-17-22)20-40(3)24-9-6-8-21(16-24)37-31-35-19-27(32)30(38-31)26-18-34-28-11-5-4-10-25(26)28/h4-5,7,10-14,17-19,21,24,34H,6,8-9,15-16,20H2,1-3H3,(H,36,41)(H,35,37,38). The van der Waals surface area contributed by atoms with Crippen molar-refractivity contribution in [2.45, 2.75) is 44.3 Å². The van der Waals surface area contributed by atoms with Gasteiger partial charge < -0.3 is 20.5 Å². The summed E-state index contributed by atoms with van der Waals surface area (Å²) in [5.74, 6) is 0.441. The highest BCUT2D eigenvalue weighted by atomic mass is 35.5. The number of hydrogen-bond acceptors (Lipinski definition) is 7. The lowest BCUT2D eigenvalue weighted by Gasteiger charge is -2.35. The molecule has 1 amide bonds. The van der Waals surface area contributed by atoms with Gasteiger partial charge in [0.2, 0.25) is 11.9 Å². The molecule has 2 unspecified atom stereocenters. The van der Waals surface area contributed by atoms with Gasteiger partial charge in [-0.3, -0.25) is 14.7 Å². The summed E-state index contributed by atoms with van der Waals surface area (Å²) in [5.41, 5.74) is 4.39. The highest BCUT2D eigenvalue weighted by molar-refractivity contribution is 6.33. The minimum absolute atomic E-state index is 0.155. The van der Waals surface area contributed by atoms with Crippen LogP contribution in [-0.2, 0) is 11.3 Å². The number of hydrogen-bond donors (Lipinski definition) is 3. The van der Waals surface area contributed by atoms with Crippen LogP contribution in [0.15, 0.2) is 67.1 Å². The van der Waals surface area contributed by atoms with Crippen LogP contribution in [0, 0.1) is 0 Å². The molecule has 1 fully saturated rings. The van der Waals surface area contributed by atoms with E-state index in [0.29, 0.717) is 29.2 Å². The summed E-state index contributed by atoms with van der Waals surface area (Å²) in [7, 11) is 6.07. The molecule has 0 aliphatic heterocycles. The largest absolute Gasteiger partial charge is 0.360 e. The van der Waals surface area contributed by atoms with Crippen LogP contribution >= 0.6 is 11.6 Å². The number of carbonyl (C=O) groups excluding carboxylic acids is 1. The van der Waals surface area contributed by atoms with Crippen LogP contribution in [0.25, 0.3) is 22.2 Å². The molecule has 1 aliphatic rings. The molecule has 2 atom stereocenters. The number of aromatic nitrogens is 4. The summed E-state index contributed by atoms with van der Waals surface area (Å²) in [6.45, 7) is 1.45. The van der Waals surface area contributed by atoms with Gasteiger partial charge >= 0.3 is 0 Å². The molecule has 0 saturated heterocycles. The maximum atomic E-state index is 12.1. The van der Waals surface area contributed by atoms with Gasteiger partial charge in [0.05, 0.1) is 34.5 Å². The van der Waals surface area contributed by atoms with E-state index in [2.05, 4.69) is 43.6 Å². The van der Waals surface area contributed by atoms with E-state index in [1.54, 1.807) is 18.5 Å². The Morgan fingerprint density at radius 1 is 1.12 bits per heavy atom. The highest BCUT2D eigenvalue weighted by Gasteiger charge is 2.26. The molecule has 0 spiro atoms. The molecule has 3 aromatic heterocycles. The Labute approximate surface area is 246 Å². The summed E-state index contributed by atoms with van der Waals surface area (Å²) >= 11 is 6.53. The van der Waals surface area contributed by atoms with E-state index in [4.69, 9.17) is 16.6 Å². The van der Waals surface area contributed by atoms with Crippen molar-refractivity contribution in [3.8, 4) is 11.3 Å². The zero-order valence-corrected chi connectivity index (χ0v) is 24.5. The number of pyridine rings is 1. The number of H-pyrrole nitrogens is 1.